The Balaban J connectivity index is 2.32. The second kappa shape index (κ2) is 9.10. The summed E-state index contributed by atoms with van der Waals surface area (Å²) < 4.78 is 92.5. The second-order valence-electron chi connectivity index (χ2n) is 6.08. The molecule has 0 spiro atoms. The van der Waals surface area contributed by atoms with Gasteiger partial charge in [-0.1, -0.05) is 5.92 Å². The van der Waals surface area contributed by atoms with Gasteiger partial charge in [0.15, 0.2) is 17.1 Å². The number of ether oxygens (including phenoxy) is 1. The fourth-order valence-corrected chi connectivity index (χ4v) is 5.69. The second-order valence-corrected chi connectivity index (χ2v) is 10.9. The minimum atomic E-state index is -5.97. The van der Waals surface area contributed by atoms with E-state index in [9.17, 15) is 32.9 Å². The zero-order valence-corrected chi connectivity index (χ0v) is 18.8. The van der Waals surface area contributed by atoms with E-state index in [-0.39, 0.29) is 10.8 Å². The lowest BCUT2D eigenvalue weighted by atomic mass is 9.96. The smallest absolute Gasteiger partial charge is 0.383 e. The summed E-state index contributed by atoms with van der Waals surface area (Å²) in [6.07, 6.45) is -0.282. The summed E-state index contributed by atoms with van der Waals surface area (Å²) >= 11 is 4.68. The van der Waals surface area contributed by atoms with Crippen molar-refractivity contribution in [2.24, 2.45) is 0 Å². The molecule has 0 radical (unpaired) electrons. The molecule has 3 unspecified atom stereocenters. The molecule has 0 aliphatic carbocycles. The molecule has 1 aliphatic heterocycles. The Morgan fingerprint density at radius 1 is 1.24 bits per heavy atom. The third kappa shape index (κ3) is 6.27. The first-order valence-corrected chi connectivity index (χ1v) is 12.7. The molecule has 1 aliphatic rings. The number of aliphatic hydroxyl groups excluding tert-OH is 1. The Bertz CT molecular complexity index is 1240. The number of hydrogen-bond acceptors (Lipinski definition) is 10. The lowest BCUT2D eigenvalue weighted by Gasteiger charge is -2.25. The SMILES string of the molecule is C#CC1(F)[C@@H](O)[C@@](F)(COP(=O)(O)OP(=O)(O)OP(=O)(O)O)O[C@H]1n1cc(F)c(=O)[nH]c1=S. The van der Waals surface area contributed by atoms with Crippen molar-refractivity contribution < 1.29 is 69.4 Å². The average molecular weight is 562 g/mol. The molecule has 1 aromatic heterocycles. The molecule has 6 atom stereocenters. The molecule has 1 fully saturated rings. The fraction of sp³-hybridized carbons (Fsp3) is 0.455. The molecule has 22 heteroatoms. The van der Waals surface area contributed by atoms with Crippen molar-refractivity contribution >= 4 is 35.7 Å². The minimum Gasteiger partial charge on any atom is -0.383 e. The maximum absolute atomic E-state index is 15.2. The standard InChI is InChI=1S/C11H12F3N2O13P3S/c1-2-10(13)7(18)11(14,27-8(10)16-3-5(12)6(17)15-9(16)33)4-26-31(22,23)29-32(24,25)28-30(19,20)21/h1,3,7-8,18H,4H2,(H,22,23)(H,24,25)(H,15,17,33)(H2,19,20,21)/t7-,8-,10?,11-/m1/s1. The van der Waals surface area contributed by atoms with Gasteiger partial charge in [0.2, 0.25) is 11.5 Å². The van der Waals surface area contributed by atoms with Gasteiger partial charge in [0, 0.05) is 0 Å². The molecule has 6 N–H and O–H groups in total. The zero-order valence-electron chi connectivity index (χ0n) is 15.3. The predicted octanol–water partition coefficient (Wildman–Crippen LogP) is 0.285. The van der Waals surface area contributed by atoms with Gasteiger partial charge in [-0.3, -0.25) is 18.9 Å². The highest BCUT2D eigenvalue weighted by Crippen LogP contribution is 2.66. The number of nitrogens with one attached hydrogen (secondary N) is 1. The van der Waals surface area contributed by atoms with Crippen LogP contribution >= 0.6 is 35.7 Å². The van der Waals surface area contributed by atoms with Crippen LogP contribution in [0, 0.1) is 22.9 Å². The van der Waals surface area contributed by atoms with Gasteiger partial charge in [-0.2, -0.15) is 13.0 Å². The summed E-state index contributed by atoms with van der Waals surface area (Å²) in [6, 6.07) is 0. The van der Waals surface area contributed by atoms with Crippen molar-refractivity contribution in [3.05, 3.63) is 27.1 Å². The minimum absolute atomic E-state index is 0.262. The first kappa shape index (κ1) is 28.0. The number of alkyl halides is 2. The first-order chi connectivity index (χ1) is 14.8. The third-order valence-electron chi connectivity index (χ3n) is 3.71. The molecule has 1 saturated heterocycles. The average Bonchev–Trinajstić information content (AvgIpc) is 2.82. The summed E-state index contributed by atoms with van der Waals surface area (Å²) in [5.74, 6) is -4.04. The number of nitrogens with zero attached hydrogens (tertiary/aromatic N) is 1. The van der Waals surface area contributed by atoms with Gasteiger partial charge in [0.1, 0.15) is 6.61 Å². The number of phosphoric ester groups is 1. The molecule has 0 aromatic carbocycles. The Hall–Kier alpha value is -1.22. The topological polar surface area (TPSA) is 227 Å². The van der Waals surface area contributed by atoms with Gasteiger partial charge in [-0.25, -0.2) is 22.5 Å². The summed E-state index contributed by atoms with van der Waals surface area (Å²) in [6.45, 7) is -1.96. The molecule has 15 nitrogen and oxygen atoms in total. The molecular weight excluding hydrogens is 550 g/mol. The molecular formula is C11H12F3N2O13P3S. The normalized spacial score (nSPS) is 31.5. The summed E-state index contributed by atoms with van der Waals surface area (Å²) in [4.78, 5) is 48.3. The number of aromatic amines is 1. The third-order valence-corrected chi connectivity index (χ3v) is 7.81. The van der Waals surface area contributed by atoms with E-state index in [1.54, 1.807) is 4.98 Å². The lowest BCUT2D eigenvalue weighted by molar-refractivity contribution is -0.204. The van der Waals surface area contributed by atoms with Gasteiger partial charge < -0.3 is 29.4 Å². The number of terminal acetylenes is 1. The van der Waals surface area contributed by atoms with Crippen LogP contribution in [0.15, 0.2) is 11.0 Å². The van der Waals surface area contributed by atoms with E-state index in [2.05, 4.69) is 30.1 Å². The largest absolute Gasteiger partial charge is 0.490 e. The highest BCUT2D eigenvalue weighted by molar-refractivity contribution is 7.71. The van der Waals surface area contributed by atoms with Crippen molar-refractivity contribution in [1.29, 1.82) is 0 Å². The Morgan fingerprint density at radius 3 is 2.33 bits per heavy atom. The van der Waals surface area contributed by atoms with Gasteiger partial charge in [0.05, 0.1) is 6.20 Å². The van der Waals surface area contributed by atoms with Crippen LogP contribution in [0.5, 0.6) is 0 Å². The number of H-pyrrole nitrogens is 1. The molecule has 2 heterocycles. The monoisotopic (exact) mass is 562 g/mol. The Morgan fingerprint density at radius 2 is 1.82 bits per heavy atom. The number of aromatic nitrogens is 2. The summed E-state index contributed by atoms with van der Waals surface area (Å²) in [5, 5.41) is 10.0. The van der Waals surface area contributed by atoms with Crippen LogP contribution in [0.4, 0.5) is 13.2 Å². The van der Waals surface area contributed by atoms with E-state index in [0.717, 1.165) is 0 Å². The maximum Gasteiger partial charge on any atom is 0.490 e. The molecule has 0 saturated carbocycles. The highest BCUT2D eigenvalue weighted by Gasteiger charge is 2.67. The molecule has 186 valence electrons. The van der Waals surface area contributed by atoms with E-state index in [1.165, 1.54) is 5.92 Å². The molecule has 2 rings (SSSR count). The lowest BCUT2D eigenvalue weighted by Crippen LogP contribution is -2.47. The highest BCUT2D eigenvalue weighted by atomic mass is 32.1. The van der Waals surface area contributed by atoms with Crippen molar-refractivity contribution in [1.82, 2.24) is 9.55 Å². The van der Waals surface area contributed by atoms with Crippen molar-refractivity contribution in [2.45, 2.75) is 23.9 Å². The van der Waals surface area contributed by atoms with Gasteiger partial charge in [-0.05, 0) is 12.2 Å². The van der Waals surface area contributed by atoms with Crippen LogP contribution in [-0.4, -0.2) is 58.5 Å². The fourth-order valence-electron chi connectivity index (χ4n) is 2.41. The van der Waals surface area contributed by atoms with E-state index in [4.69, 9.17) is 21.1 Å². The first-order valence-electron chi connectivity index (χ1n) is 7.76. The Kier molecular flexibility index (Phi) is 7.72. The quantitative estimate of drug-likeness (QED) is 0.142. The number of phosphoric acid groups is 3. The molecule has 0 amide bonds. The van der Waals surface area contributed by atoms with Crippen LogP contribution in [0.25, 0.3) is 0 Å². The summed E-state index contributed by atoms with van der Waals surface area (Å²) in [5.41, 5.74) is -4.91. The van der Waals surface area contributed by atoms with Crippen LogP contribution < -0.4 is 5.56 Å². The van der Waals surface area contributed by atoms with Crippen LogP contribution in [0.3, 0.4) is 0 Å². The van der Waals surface area contributed by atoms with Crippen molar-refractivity contribution in [2.75, 3.05) is 6.61 Å². The van der Waals surface area contributed by atoms with Gasteiger partial charge in [0.25, 0.3) is 11.4 Å². The zero-order chi connectivity index (χ0) is 25.6. The molecule has 1 aromatic rings. The van der Waals surface area contributed by atoms with Gasteiger partial charge in [-0.15, -0.1) is 6.42 Å². The van der Waals surface area contributed by atoms with Crippen LogP contribution in [0.2, 0.25) is 0 Å². The molecule has 33 heavy (non-hydrogen) atoms. The number of aliphatic hydroxyl groups is 1. The number of rotatable bonds is 8. The van der Waals surface area contributed by atoms with Crippen molar-refractivity contribution in [3.63, 3.8) is 0 Å². The van der Waals surface area contributed by atoms with Gasteiger partial charge >= 0.3 is 23.5 Å². The van der Waals surface area contributed by atoms with E-state index in [0.29, 0.717) is 0 Å². The summed E-state index contributed by atoms with van der Waals surface area (Å²) in [7, 11) is -17.6. The number of halogens is 3. The van der Waals surface area contributed by atoms with E-state index in [1.807, 2.05) is 0 Å². The number of hydrogen-bond donors (Lipinski definition) is 6. The van der Waals surface area contributed by atoms with Crippen molar-refractivity contribution in [3.8, 4) is 12.3 Å². The van der Waals surface area contributed by atoms with Crippen LogP contribution in [-0.2, 0) is 31.6 Å². The van der Waals surface area contributed by atoms with E-state index < -0.39 is 70.1 Å². The predicted molar refractivity (Wildman–Crippen MR) is 98.3 cm³/mol. The maximum atomic E-state index is 15.2. The Labute approximate surface area is 185 Å². The van der Waals surface area contributed by atoms with E-state index >= 15 is 8.78 Å². The van der Waals surface area contributed by atoms with Crippen LogP contribution in [0.1, 0.15) is 6.23 Å². The molecule has 0 bridgehead atoms.